The first-order valence-corrected chi connectivity index (χ1v) is 8.54. The Morgan fingerprint density at radius 2 is 1.85 bits per heavy atom. The number of rotatable bonds is 6. The van der Waals surface area contributed by atoms with Crippen LogP contribution in [0.4, 0.5) is 4.39 Å². The van der Waals surface area contributed by atoms with E-state index >= 15 is 0 Å². The van der Waals surface area contributed by atoms with E-state index in [1.54, 1.807) is 18.2 Å². The molecule has 1 heterocycles. The average Bonchev–Trinajstić information content (AvgIpc) is 2.98. The number of hydrogen-bond acceptors (Lipinski definition) is 3. The Balaban J connectivity index is 1.52. The standard InChI is InChI=1S/C21H21FN2O2/c1-15-13-16(2)24(23-15)19-10-7-17(8-11-19)14-26-21(25)12-9-18-5-3-4-6-20(18)22/h3-8,10-11,13H,9,12,14H2,1-2H3. The van der Waals surface area contributed by atoms with Gasteiger partial charge >= 0.3 is 5.97 Å². The normalized spacial score (nSPS) is 10.7. The molecule has 134 valence electrons. The minimum atomic E-state index is -0.337. The maximum Gasteiger partial charge on any atom is 0.306 e. The molecule has 0 aliphatic rings. The number of aromatic nitrogens is 2. The highest BCUT2D eigenvalue weighted by Gasteiger charge is 2.08. The summed E-state index contributed by atoms with van der Waals surface area (Å²) in [6, 6.07) is 16.2. The Hall–Kier alpha value is -2.95. The number of nitrogens with zero attached hydrogens (tertiary/aromatic N) is 2. The molecule has 0 spiro atoms. The van der Waals surface area contributed by atoms with Crippen LogP contribution in [-0.4, -0.2) is 15.7 Å². The van der Waals surface area contributed by atoms with Gasteiger partial charge in [-0.05, 0) is 55.7 Å². The Morgan fingerprint density at radius 3 is 2.50 bits per heavy atom. The third-order valence-corrected chi connectivity index (χ3v) is 4.15. The van der Waals surface area contributed by atoms with Crippen LogP contribution in [0.5, 0.6) is 0 Å². The molecule has 0 unspecified atom stereocenters. The van der Waals surface area contributed by atoms with Crippen LogP contribution in [0, 0.1) is 19.7 Å². The molecule has 3 rings (SSSR count). The minimum Gasteiger partial charge on any atom is -0.461 e. The van der Waals surface area contributed by atoms with E-state index in [4.69, 9.17) is 4.74 Å². The first-order valence-electron chi connectivity index (χ1n) is 8.54. The third kappa shape index (κ3) is 4.36. The molecule has 0 amide bonds. The van der Waals surface area contributed by atoms with E-state index in [-0.39, 0.29) is 24.8 Å². The molecule has 0 fully saturated rings. The zero-order chi connectivity index (χ0) is 18.5. The van der Waals surface area contributed by atoms with Gasteiger partial charge in [0.1, 0.15) is 12.4 Å². The summed E-state index contributed by atoms with van der Waals surface area (Å²) in [6.07, 6.45) is 0.493. The molecule has 5 heteroatoms. The van der Waals surface area contributed by atoms with Gasteiger partial charge in [-0.15, -0.1) is 0 Å². The lowest BCUT2D eigenvalue weighted by molar-refractivity contribution is -0.144. The zero-order valence-electron chi connectivity index (χ0n) is 14.9. The summed E-state index contributed by atoms with van der Waals surface area (Å²) >= 11 is 0. The number of halogens is 1. The van der Waals surface area contributed by atoms with Crippen molar-refractivity contribution in [1.82, 2.24) is 9.78 Å². The molecular weight excluding hydrogens is 331 g/mol. The summed E-state index contributed by atoms with van der Waals surface area (Å²) in [5.74, 6) is -0.629. The lowest BCUT2D eigenvalue weighted by Crippen LogP contribution is -2.07. The first kappa shape index (κ1) is 17.9. The van der Waals surface area contributed by atoms with E-state index in [9.17, 15) is 9.18 Å². The second-order valence-corrected chi connectivity index (χ2v) is 6.26. The maximum atomic E-state index is 13.5. The molecule has 1 aromatic heterocycles. The fourth-order valence-electron chi connectivity index (χ4n) is 2.80. The van der Waals surface area contributed by atoms with Crippen molar-refractivity contribution < 1.29 is 13.9 Å². The van der Waals surface area contributed by atoms with Gasteiger partial charge in [-0.3, -0.25) is 4.79 Å². The van der Waals surface area contributed by atoms with Crippen LogP contribution in [0.1, 0.15) is 28.9 Å². The number of carbonyl (C=O) groups excluding carboxylic acids is 1. The summed E-state index contributed by atoms with van der Waals surface area (Å²) in [5, 5.41) is 4.45. The van der Waals surface area contributed by atoms with Gasteiger partial charge in [-0.2, -0.15) is 5.10 Å². The zero-order valence-corrected chi connectivity index (χ0v) is 14.9. The van der Waals surface area contributed by atoms with Crippen molar-refractivity contribution >= 4 is 5.97 Å². The lowest BCUT2D eigenvalue weighted by atomic mass is 10.1. The first-order chi connectivity index (χ1) is 12.5. The van der Waals surface area contributed by atoms with Gasteiger partial charge < -0.3 is 4.74 Å². The van der Waals surface area contributed by atoms with E-state index in [1.807, 2.05) is 48.9 Å². The van der Waals surface area contributed by atoms with Crippen LogP contribution in [0.15, 0.2) is 54.6 Å². The van der Waals surface area contributed by atoms with E-state index < -0.39 is 0 Å². The molecule has 4 nitrogen and oxygen atoms in total. The van der Waals surface area contributed by atoms with Crippen molar-refractivity contribution in [1.29, 1.82) is 0 Å². The topological polar surface area (TPSA) is 44.1 Å². The van der Waals surface area contributed by atoms with E-state index in [2.05, 4.69) is 5.10 Å². The highest BCUT2D eigenvalue weighted by Crippen LogP contribution is 2.14. The molecule has 0 bridgehead atoms. The molecule has 26 heavy (non-hydrogen) atoms. The Labute approximate surface area is 152 Å². The summed E-state index contributed by atoms with van der Waals surface area (Å²) in [5.41, 5.74) is 4.42. The smallest absolute Gasteiger partial charge is 0.306 e. The van der Waals surface area contributed by atoms with Crippen LogP contribution in [0.2, 0.25) is 0 Å². The second-order valence-electron chi connectivity index (χ2n) is 6.26. The van der Waals surface area contributed by atoms with Gasteiger partial charge in [0.15, 0.2) is 0 Å². The quantitative estimate of drug-likeness (QED) is 0.621. The fourth-order valence-corrected chi connectivity index (χ4v) is 2.80. The van der Waals surface area contributed by atoms with Crippen LogP contribution >= 0.6 is 0 Å². The van der Waals surface area contributed by atoms with Crippen LogP contribution < -0.4 is 0 Å². The van der Waals surface area contributed by atoms with Crippen molar-refractivity contribution in [2.24, 2.45) is 0 Å². The molecule has 0 aliphatic heterocycles. The molecule has 0 N–H and O–H groups in total. The van der Waals surface area contributed by atoms with Crippen molar-refractivity contribution in [3.05, 3.63) is 82.9 Å². The molecule has 0 saturated carbocycles. The van der Waals surface area contributed by atoms with Crippen LogP contribution in [0.3, 0.4) is 0 Å². The van der Waals surface area contributed by atoms with E-state index in [0.717, 1.165) is 22.6 Å². The number of aryl methyl sites for hydroxylation is 3. The molecule has 0 radical (unpaired) electrons. The van der Waals surface area contributed by atoms with Gasteiger partial charge in [0.25, 0.3) is 0 Å². The SMILES string of the molecule is Cc1cc(C)n(-c2ccc(COC(=O)CCc3ccccc3F)cc2)n1. The average molecular weight is 352 g/mol. The third-order valence-electron chi connectivity index (χ3n) is 4.15. The van der Waals surface area contributed by atoms with E-state index in [0.29, 0.717) is 12.0 Å². The Kier molecular flexibility index (Phi) is 5.46. The number of benzene rings is 2. The molecular formula is C21H21FN2O2. The van der Waals surface area contributed by atoms with Gasteiger partial charge in [0, 0.05) is 12.1 Å². The predicted molar refractivity (Wildman–Crippen MR) is 97.6 cm³/mol. The minimum absolute atomic E-state index is 0.158. The summed E-state index contributed by atoms with van der Waals surface area (Å²) < 4.78 is 20.7. The number of esters is 1. The highest BCUT2D eigenvalue weighted by atomic mass is 19.1. The van der Waals surface area contributed by atoms with Crippen molar-refractivity contribution in [2.45, 2.75) is 33.3 Å². The van der Waals surface area contributed by atoms with Gasteiger partial charge in [0.2, 0.25) is 0 Å². The molecule has 0 atom stereocenters. The summed E-state index contributed by atoms with van der Waals surface area (Å²) in [4.78, 5) is 11.9. The summed E-state index contributed by atoms with van der Waals surface area (Å²) in [7, 11) is 0. The maximum absolute atomic E-state index is 13.5. The van der Waals surface area contributed by atoms with Crippen molar-refractivity contribution in [3.63, 3.8) is 0 Å². The highest BCUT2D eigenvalue weighted by molar-refractivity contribution is 5.69. The van der Waals surface area contributed by atoms with Crippen LogP contribution in [0.25, 0.3) is 5.69 Å². The lowest BCUT2D eigenvalue weighted by Gasteiger charge is -2.08. The van der Waals surface area contributed by atoms with E-state index in [1.165, 1.54) is 6.07 Å². The van der Waals surface area contributed by atoms with Crippen molar-refractivity contribution in [3.8, 4) is 5.69 Å². The van der Waals surface area contributed by atoms with Gasteiger partial charge in [0.05, 0.1) is 11.4 Å². The fraction of sp³-hybridized carbons (Fsp3) is 0.238. The number of ether oxygens (including phenoxy) is 1. The molecule has 0 saturated heterocycles. The van der Waals surface area contributed by atoms with Gasteiger partial charge in [-0.25, -0.2) is 9.07 Å². The van der Waals surface area contributed by atoms with Crippen molar-refractivity contribution in [2.75, 3.05) is 0 Å². The van der Waals surface area contributed by atoms with Gasteiger partial charge in [-0.1, -0.05) is 30.3 Å². The predicted octanol–water partition coefficient (Wildman–Crippen LogP) is 4.30. The number of carbonyl (C=O) groups is 1. The Bertz CT molecular complexity index is 901. The second kappa shape index (κ2) is 7.95. The molecule has 3 aromatic rings. The Morgan fingerprint density at radius 1 is 1.12 bits per heavy atom. The molecule has 2 aromatic carbocycles. The largest absolute Gasteiger partial charge is 0.461 e. The van der Waals surface area contributed by atoms with Crippen LogP contribution in [-0.2, 0) is 22.6 Å². The monoisotopic (exact) mass is 352 g/mol. The molecule has 0 aliphatic carbocycles. The summed E-state index contributed by atoms with van der Waals surface area (Å²) in [6.45, 7) is 4.16. The number of hydrogen-bond donors (Lipinski definition) is 0.